The Morgan fingerprint density at radius 2 is 1.81 bits per heavy atom. The normalized spacial score (nSPS) is 11.6. The molecular formula is C21H19FN4O3S2. The Kier molecular flexibility index (Phi) is 5.28. The van der Waals surface area contributed by atoms with E-state index in [1.165, 1.54) is 23.5 Å². The first-order chi connectivity index (χ1) is 14.6. The van der Waals surface area contributed by atoms with Crippen molar-refractivity contribution in [1.29, 1.82) is 0 Å². The van der Waals surface area contributed by atoms with E-state index in [0.717, 1.165) is 27.7 Å². The van der Waals surface area contributed by atoms with Crippen LogP contribution in [-0.2, 0) is 10.0 Å². The SMILES string of the molecule is Cc1ccc(NC(=O)c2cc3c(C)nn(-c4ccc(F)cc4)c3s2)cc1NS(C)(=O)=O. The topological polar surface area (TPSA) is 93.1 Å². The van der Waals surface area contributed by atoms with Crippen molar-refractivity contribution < 1.29 is 17.6 Å². The number of fused-ring (bicyclic) bond motifs is 1. The van der Waals surface area contributed by atoms with Crippen molar-refractivity contribution in [3.63, 3.8) is 0 Å². The van der Waals surface area contributed by atoms with Gasteiger partial charge in [0.05, 0.1) is 28.2 Å². The molecule has 10 heteroatoms. The van der Waals surface area contributed by atoms with Crippen LogP contribution in [0.5, 0.6) is 0 Å². The van der Waals surface area contributed by atoms with Crippen molar-refractivity contribution >= 4 is 48.9 Å². The first-order valence-corrected chi connectivity index (χ1v) is 12.0. The summed E-state index contributed by atoms with van der Waals surface area (Å²) in [6, 6.07) is 12.8. The summed E-state index contributed by atoms with van der Waals surface area (Å²) in [5.74, 6) is -0.654. The number of nitrogens with one attached hydrogen (secondary N) is 2. The van der Waals surface area contributed by atoms with Crippen molar-refractivity contribution in [1.82, 2.24) is 9.78 Å². The Balaban J connectivity index is 1.64. The molecule has 2 heterocycles. The molecule has 4 aromatic rings. The minimum absolute atomic E-state index is 0.319. The van der Waals surface area contributed by atoms with E-state index in [1.54, 1.807) is 48.0 Å². The molecule has 0 bridgehead atoms. The summed E-state index contributed by atoms with van der Waals surface area (Å²) >= 11 is 1.27. The first-order valence-electron chi connectivity index (χ1n) is 9.25. The summed E-state index contributed by atoms with van der Waals surface area (Å²) in [5.41, 5.74) is 3.06. The molecule has 31 heavy (non-hydrogen) atoms. The second-order valence-corrected chi connectivity index (χ2v) is 9.94. The zero-order valence-corrected chi connectivity index (χ0v) is 18.6. The van der Waals surface area contributed by atoms with Gasteiger partial charge in [0, 0.05) is 11.1 Å². The summed E-state index contributed by atoms with van der Waals surface area (Å²) in [7, 11) is -3.44. The fourth-order valence-corrected chi connectivity index (χ4v) is 4.82. The molecule has 1 amide bonds. The number of rotatable bonds is 5. The maximum absolute atomic E-state index is 13.3. The van der Waals surface area contributed by atoms with Crippen LogP contribution < -0.4 is 10.0 Å². The summed E-state index contributed by atoms with van der Waals surface area (Å²) in [6.07, 6.45) is 1.07. The van der Waals surface area contributed by atoms with E-state index in [4.69, 9.17) is 0 Å². The van der Waals surface area contributed by atoms with E-state index in [0.29, 0.717) is 21.9 Å². The second kappa shape index (κ2) is 7.78. The highest BCUT2D eigenvalue weighted by Gasteiger charge is 2.18. The van der Waals surface area contributed by atoms with Crippen LogP contribution in [0.3, 0.4) is 0 Å². The number of anilines is 2. The molecule has 2 aromatic heterocycles. The number of carbonyl (C=O) groups is 1. The van der Waals surface area contributed by atoms with Gasteiger partial charge in [-0.25, -0.2) is 17.5 Å². The highest BCUT2D eigenvalue weighted by Crippen LogP contribution is 2.31. The van der Waals surface area contributed by atoms with Crippen LogP contribution in [0.25, 0.3) is 15.9 Å². The van der Waals surface area contributed by atoms with Gasteiger partial charge in [0.25, 0.3) is 5.91 Å². The molecule has 0 aliphatic carbocycles. The zero-order chi connectivity index (χ0) is 22.3. The van der Waals surface area contributed by atoms with Crippen LogP contribution in [-0.4, -0.2) is 30.4 Å². The molecule has 0 unspecified atom stereocenters. The smallest absolute Gasteiger partial charge is 0.265 e. The Labute approximate surface area is 182 Å². The van der Waals surface area contributed by atoms with Gasteiger partial charge in [-0.2, -0.15) is 5.10 Å². The summed E-state index contributed by atoms with van der Waals surface area (Å²) in [6.45, 7) is 3.62. The van der Waals surface area contributed by atoms with E-state index < -0.39 is 10.0 Å². The highest BCUT2D eigenvalue weighted by molar-refractivity contribution is 7.92. The first kappa shape index (κ1) is 21.0. The molecule has 160 valence electrons. The van der Waals surface area contributed by atoms with Crippen molar-refractivity contribution in [2.45, 2.75) is 13.8 Å². The minimum atomic E-state index is -3.44. The number of aryl methyl sites for hydroxylation is 2. The van der Waals surface area contributed by atoms with E-state index in [-0.39, 0.29) is 11.7 Å². The lowest BCUT2D eigenvalue weighted by Gasteiger charge is -2.10. The Morgan fingerprint density at radius 1 is 1.10 bits per heavy atom. The molecule has 0 saturated heterocycles. The van der Waals surface area contributed by atoms with Gasteiger partial charge >= 0.3 is 0 Å². The van der Waals surface area contributed by atoms with E-state index in [2.05, 4.69) is 15.1 Å². The quantitative estimate of drug-likeness (QED) is 0.462. The third-order valence-corrected chi connectivity index (χ3v) is 6.33. The number of hydrogen-bond donors (Lipinski definition) is 2. The standard InChI is InChI=1S/C21H19FN4O3S2/c1-12-4-7-15(10-18(12)25-31(3,28)29)23-20(27)19-11-17-13(2)24-26(21(17)30-19)16-8-5-14(22)6-9-16/h4-11,25H,1-3H3,(H,23,27). The number of halogens is 1. The molecule has 7 nitrogen and oxygen atoms in total. The van der Waals surface area contributed by atoms with Crippen LogP contribution in [0.1, 0.15) is 20.9 Å². The molecule has 0 spiro atoms. The van der Waals surface area contributed by atoms with Gasteiger partial charge in [0.15, 0.2) is 0 Å². The molecule has 2 N–H and O–H groups in total. The molecular weight excluding hydrogens is 439 g/mol. The van der Waals surface area contributed by atoms with Crippen molar-refractivity contribution in [3.05, 3.63) is 70.5 Å². The van der Waals surface area contributed by atoms with Gasteiger partial charge in [-0.15, -0.1) is 11.3 Å². The number of nitrogens with zero attached hydrogens (tertiary/aromatic N) is 2. The monoisotopic (exact) mass is 458 g/mol. The van der Waals surface area contributed by atoms with Crippen LogP contribution in [0.2, 0.25) is 0 Å². The van der Waals surface area contributed by atoms with Crippen molar-refractivity contribution in [2.75, 3.05) is 16.3 Å². The van der Waals surface area contributed by atoms with Gasteiger partial charge in [-0.3, -0.25) is 9.52 Å². The van der Waals surface area contributed by atoms with E-state index >= 15 is 0 Å². The lowest BCUT2D eigenvalue weighted by Crippen LogP contribution is -2.13. The Morgan fingerprint density at radius 3 is 2.48 bits per heavy atom. The maximum atomic E-state index is 13.3. The number of carbonyl (C=O) groups excluding carboxylic acids is 1. The Bertz CT molecular complexity index is 1410. The number of sulfonamides is 1. The van der Waals surface area contributed by atoms with Gasteiger partial charge < -0.3 is 5.32 Å². The van der Waals surface area contributed by atoms with Gasteiger partial charge in [0.1, 0.15) is 10.6 Å². The lowest BCUT2D eigenvalue weighted by molar-refractivity contribution is 0.103. The van der Waals surface area contributed by atoms with Crippen LogP contribution in [0, 0.1) is 19.7 Å². The number of amides is 1. The summed E-state index contributed by atoms with van der Waals surface area (Å²) in [5, 5.41) is 8.14. The van der Waals surface area contributed by atoms with Gasteiger partial charge in [0.2, 0.25) is 10.0 Å². The zero-order valence-electron chi connectivity index (χ0n) is 16.9. The third kappa shape index (κ3) is 4.44. The largest absolute Gasteiger partial charge is 0.321 e. The van der Waals surface area contributed by atoms with Crippen LogP contribution in [0.4, 0.5) is 15.8 Å². The number of aromatic nitrogens is 2. The average molecular weight is 459 g/mol. The molecule has 0 atom stereocenters. The maximum Gasteiger partial charge on any atom is 0.265 e. The molecule has 0 aliphatic heterocycles. The minimum Gasteiger partial charge on any atom is -0.321 e. The molecule has 4 rings (SSSR count). The van der Waals surface area contributed by atoms with E-state index in [9.17, 15) is 17.6 Å². The number of thiophene rings is 1. The molecule has 0 fully saturated rings. The third-order valence-electron chi connectivity index (χ3n) is 4.63. The molecule has 0 saturated carbocycles. The summed E-state index contributed by atoms with van der Waals surface area (Å²) in [4.78, 5) is 14.1. The molecule has 0 radical (unpaired) electrons. The van der Waals surface area contributed by atoms with Crippen molar-refractivity contribution in [3.8, 4) is 5.69 Å². The predicted molar refractivity (Wildman–Crippen MR) is 121 cm³/mol. The van der Waals surface area contributed by atoms with E-state index in [1.807, 2.05) is 6.92 Å². The van der Waals surface area contributed by atoms with Crippen molar-refractivity contribution in [2.24, 2.45) is 0 Å². The Hall–Kier alpha value is -3.24. The van der Waals surface area contributed by atoms with Gasteiger partial charge in [-0.1, -0.05) is 6.07 Å². The number of hydrogen-bond acceptors (Lipinski definition) is 5. The predicted octanol–water partition coefficient (Wildman–Crippen LogP) is 4.47. The second-order valence-electron chi connectivity index (χ2n) is 7.16. The lowest BCUT2D eigenvalue weighted by atomic mass is 10.2. The number of benzene rings is 2. The van der Waals surface area contributed by atoms with Crippen LogP contribution in [0.15, 0.2) is 48.5 Å². The highest BCUT2D eigenvalue weighted by atomic mass is 32.2. The summed E-state index contributed by atoms with van der Waals surface area (Å²) < 4.78 is 40.5. The fraction of sp³-hybridized carbons (Fsp3) is 0.143. The molecule has 2 aromatic carbocycles. The fourth-order valence-electron chi connectivity index (χ4n) is 3.12. The van der Waals surface area contributed by atoms with Gasteiger partial charge in [-0.05, 0) is 61.9 Å². The molecule has 0 aliphatic rings. The average Bonchev–Trinajstić information content (AvgIpc) is 3.25. The van der Waals surface area contributed by atoms with Crippen LogP contribution >= 0.6 is 11.3 Å².